The summed E-state index contributed by atoms with van der Waals surface area (Å²) in [4.78, 5) is 32.5. The zero-order valence-electron chi connectivity index (χ0n) is 13.7. The first-order chi connectivity index (χ1) is 11.0. The van der Waals surface area contributed by atoms with Crippen molar-refractivity contribution in [3.8, 4) is 0 Å². The maximum absolute atomic E-state index is 12.5. The van der Waals surface area contributed by atoms with Gasteiger partial charge in [0.05, 0.1) is 0 Å². The van der Waals surface area contributed by atoms with Gasteiger partial charge in [-0.1, -0.05) is 19.9 Å². The fraction of sp³-hybridized carbons (Fsp3) is 0.562. The van der Waals surface area contributed by atoms with Crippen LogP contribution in [-0.4, -0.2) is 59.3 Å². The van der Waals surface area contributed by atoms with Crippen LogP contribution in [0.4, 0.5) is 5.13 Å². The number of hydrogen-bond acceptors (Lipinski definition) is 5. The third kappa shape index (κ3) is 5.14. The average Bonchev–Trinajstić information content (AvgIpc) is 2.95. The fourth-order valence-electron chi connectivity index (χ4n) is 2.45. The number of carbonyl (C=O) groups is 2. The van der Waals surface area contributed by atoms with E-state index < -0.39 is 0 Å². The highest BCUT2D eigenvalue weighted by atomic mass is 32.1. The fourth-order valence-corrected chi connectivity index (χ4v) is 3.15. The van der Waals surface area contributed by atoms with Gasteiger partial charge in [0.1, 0.15) is 5.69 Å². The van der Waals surface area contributed by atoms with Crippen molar-refractivity contribution in [3.63, 3.8) is 0 Å². The summed E-state index contributed by atoms with van der Waals surface area (Å²) in [5, 5.41) is 4.96. The topological polar surface area (TPSA) is 65.5 Å². The molecule has 1 aromatic heterocycles. The number of carbonyl (C=O) groups excluding carboxylic acids is 2. The van der Waals surface area contributed by atoms with E-state index in [0.717, 1.165) is 19.6 Å². The van der Waals surface area contributed by atoms with E-state index >= 15 is 0 Å². The van der Waals surface area contributed by atoms with Gasteiger partial charge in [0, 0.05) is 44.5 Å². The van der Waals surface area contributed by atoms with Crippen LogP contribution in [0.3, 0.4) is 0 Å². The Bertz CT molecular complexity index is 562. The number of nitrogens with one attached hydrogen (secondary N) is 1. The van der Waals surface area contributed by atoms with E-state index in [-0.39, 0.29) is 11.8 Å². The minimum Gasteiger partial charge on any atom is -0.335 e. The van der Waals surface area contributed by atoms with Gasteiger partial charge in [-0.3, -0.25) is 14.5 Å². The van der Waals surface area contributed by atoms with Crippen molar-refractivity contribution < 1.29 is 9.59 Å². The smallest absolute Gasteiger partial charge is 0.273 e. The molecule has 23 heavy (non-hydrogen) atoms. The molecule has 1 fully saturated rings. The molecule has 0 unspecified atom stereocenters. The largest absolute Gasteiger partial charge is 0.335 e. The number of piperazine rings is 1. The lowest BCUT2D eigenvalue weighted by Crippen LogP contribution is -2.48. The molecular formula is C16H24N4O2S. The van der Waals surface area contributed by atoms with E-state index in [9.17, 15) is 9.59 Å². The molecule has 0 spiro atoms. The van der Waals surface area contributed by atoms with Crippen molar-refractivity contribution in [1.29, 1.82) is 0 Å². The quantitative estimate of drug-likeness (QED) is 0.808. The monoisotopic (exact) mass is 336 g/mol. The predicted octanol–water partition coefficient (Wildman–Crippen LogP) is 2.07. The SMILES string of the molecule is C=CCN1CCN(C(=O)c2csc(NC(=O)CC(C)C)n2)CC1. The summed E-state index contributed by atoms with van der Waals surface area (Å²) < 4.78 is 0. The van der Waals surface area contributed by atoms with Crippen molar-refractivity contribution in [2.24, 2.45) is 5.92 Å². The molecule has 0 radical (unpaired) electrons. The summed E-state index contributed by atoms with van der Waals surface area (Å²) in [5.41, 5.74) is 0.409. The summed E-state index contributed by atoms with van der Waals surface area (Å²) >= 11 is 1.29. The van der Waals surface area contributed by atoms with Gasteiger partial charge < -0.3 is 10.2 Å². The van der Waals surface area contributed by atoms with E-state index in [1.165, 1.54) is 11.3 Å². The van der Waals surface area contributed by atoms with Crippen LogP contribution < -0.4 is 5.32 Å². The lowest BCUT2D eigenvalue weighted by molar-refractivity contribution is -0.116. The normalized spacial score (nSPS) is 15.7. The molecule has 6 nitrogen and oxygen atoms in total. The van der Waals surface area contributed by atoms with Crippen LogP contribution in [0.1, 0.15) is 30.8 Å². The average molecular weight is 336 g/mol. The van der Waals surface area contributed by atoms with Crippen LogP contribution in [0, 0.1) is 5.92 Å². The molecule has 0 aliphatic carbocycles. The zero-order chi connectivity index (χ0) is 16.8. The molecule has 0 atom stereocenters. The number of hydrogen-bond donors (Lipinski definition) is 1. The van der Waals surface area contributed by atoms with Crippen LogP contribution in [0.25, 0.3) is 0 Å². The van der Waals surface area contributed by atoms with Crippen LogP contribution in [0.15, 0.2) is 18.0 Å². The van der Waals surface area contributed by atoms with Gasteiger partial charge in [0.2, 0.25) is 5.91 Å². The number of anilines is 1. The van der Waals surface area contributed by atoms with E-state index in [1.807, 2.05) is 24.8 Å². The van der Waals surface area contributed by atoms with E-state index in [1.54, 1.807) is 5.38 Å². The summed E-state index contributed by atoms with van der Waals surface area (Å²) in [6.45, 7) is 11.6. The lowest BCUT2D eigenvalue weighted by atomic mass is 10.1. The molecule has 0 bridgehead atoms. The Morgan fingerprint density at radius 1 is 1.39 bits per heavy atom. The Labute approximate surface area is 141 Å². The summed E-state index contributed by atoms with van der Waals surface area (Å²) in [6, 6.07) is 0. The van der Waals surface area contributed by atoms with Crippen LogP contribution >= 0.6 is 11.3 Å². The molecule has 1 N–H and O–H groups in total. The van der Waals surface area contributed by atoms with E-state index in [4.69, 9.17) is 0 Å². The van der Waals surface area contributed by atoms with Gasteiger partial charge in [-0.25, -0.2) is 4.98 Å². The van der Waals surface area contributed by atoms with E-state index in [2.05, 4.69) is 21.8 Å². The highest BCUT2D eigenvalue weighted by Gasteiger charge is 2.23. The van der Waals surface area contributed by atoms with Gasteiger partial charge in [-0.2, -0.15) is 0 Å². The molecule has 1 saturated heterocycles. The Balaban J connectivity index is 1.89. The first-order valence-corrected chi connectivity index (χ1v) is 8.75. The third-order valence-electron chi connectivity index (χ3n) is 3.61. The van der Waals surface area contributed by atoms with Gasteiger partial charge in [-0.05, 0) is 5.92 Å². The number of aromatic nitrogens is 1. The zero-order valence-corrected chi connectivity index (χ0v) is 14.6. The van der Waals surface area contributed by atoms with Gasteiger partial charge in [0.15, 0.2) is 5.13 Å². The Hall–Kier alpha value is -1.73. The highest BCUT2D eigenvalue weighted by molar-refractivity contribution is 7.14. The van der Waals surface area contributed by atoms with Gasteiger partial charge in [0.25, 0.3) is 5.91 Å². The second-order valence-corrected chi connectivity index (χ2v) is 6.92. The molecular weight excluding hydrogens is 312 g/mol. The molecule has 7 heteroatoms. The number of amides is 2. The molecule has 1 aromatic rings. The van der Waals surface area contributed by atoms with Crippen molar-refractivity contribution in [2.75, 3.05) is 38.0 Å². The van der Waals surface area contributed by atoms with Gasteiger partial charge in [-0.15, -0.1) is 17.9 Å². The van der Waals surface area contributed by atoms with E-state index in [0.29, 0.717) is 36.3 Å². The van der Waals surface area contributed by atoms with Crippen molar-refractivity contribution in [1.82, 2.24) is 14.8 Å². The third-order valence-corrected chi connectivity index (χ3v) is 4.37. The summed E-state index contributed by atoms with van der Waals surface area (Å²) in [5.74, 6) is 0.165. The molecule has 2 heterocycles. The number of rotatable bonds is 6. The number of nitrogens with zero attached hydrogens (tertiary/aromatic N) is 3. The molecule has 1 aliphatic heterocycles. The molecule has 0 saturated carbocycles. The Kier molecular flexibility index (Phi) is 6.29. The second kappa shape index (κ2) is 8.21. The Morgan fingerprint density at radius 2 is 2.09 bits per heavy atom. The van der Waals surface area contributed by atoms with Crippen LogP contribution in [0.5, 0.6) is 0 Å². The Morgan fingerprint density at radius 3 is 2.70 bits per heavy atom. The molecule has 0 aromatic carbocycles. The maximum atomic E-state index is 12.5. The maximum Gasteiger partial charge on any atom is 0.273 e. The summed E-state index contributed by atoms with van der Waals surface area (Å²) in [7, 11) is 0. The van der Waals surface area contributed by atoms with Gasteiger partial charge >= 0.3 is 0 Å². The lowest BCUT2D eigenvalue weighted by Gasteiger charge is -2.33. The van der Waals surface area contributed by atoms with Crippen molar-refractivity contribution in [3.05, 3.63) is 23.7 Å². The molecule has 2 rings (SSSR count). The second-order valence-electron chi connectivity index (χ2n) is 6.07. The molecule has 126 valence electrons. The van der Waals surface area contributed by atoms with Crippen molar-refractivity contribution in [2.45, 2.75) is 20.3 Å². The first-order valence-electron chi connectivity index (χ1n) is 7.87. The van der Waals surface area contributed by atoms with Crippen LogP contribution in [-0.2, 0) is 4.79 Å². The first kappa shape index (κ1) is 17.6. The van der Waals surface area contributed by atoms with Crippen LogP contribution in [0.2, 0.25) is 0 Å². The standard InChI is InChI=1S/C16H24N4O2S/c1-4-5-19-6-8-20(9-7-19)15(22)13-11-23-16(17-13)18-14(21)10-12(2)3/h4,11-12H,1,5-10H2,2-3H3,(H,17,18,21). The minimum atomic E-state index is -0.0659. The highest BCUT2D eigenvalue weighted by Crippen LogP contribution is 2.18. The predicted molar refractivity (Wildman–Crippen MR) is 92.7 cm³/mol. The number of thiazole rings is 1. The molecule has 1 aliphatic rings. The molecule has 2 amide bonds. The minimum absolute atomic E-state index is 0.0635. The summed E-state index contributed by atoms with van der Waals surface area (Å²) in [6.07, 6.45) is 2.33. The van der Waals surface area contributed by atoms with Crippen molar-refractivity contribution >= 4 is 28.3 Å².